The molecule has 16 heavy (non-hydrogen) atoms. The molecule has 0 aromatic heterocycles. The van der Waals surface area contributed by atoms with Crippen LogP contribution in [0.1, 0.15) is 39.7 Å². The van der Waals surface area contributed by atoms with Crippen LogP contribution in [0.4, 0.5) is 0 Å². The third kappa shape index (κ3) is 1.45. The minimum absolute atomic E-state index is 0.214. The molecular formula is C15H22O. The molecule has 1 heteroatoms. The first kappa shape index (κ1) is 11.5. The molecule has 2 atom stereocenters. The van der Waals surface area contributed by atoms with Crippen LogP contribution in [-0.2, 0) is 5.41 Å². The molecule has 0 fully saturated rings. The first-order chi connectivity index (χ1) is 7.63. The summed E-state index contributed by atoms with van der Waals surface area (Å²) in [7, 11) is 0. The van der Waals surface area contributed by atoms with Crippen molar-refractivity contribution in [3.63, 3.8) is 0 Å². The van der Waals surface area contributed by atoms with Crippen LogP contribution in [0.3, 0.4) is 0 Å². The van der Waals surface area contributed by atoms with Crippen molar-refractivity contribution in [2.75, 3.05) is 6.61 Å². The van der Waals surface area contributed by atoms with E-state index in [0.717, 1.165) is 12.4 Å². The van der Waals surface area contributed by atoms with Gasteiger partial charge in [0.2, 0.25) is 0 Å². The average Bonchev–Trinajstić information content (AvgIpc) is 2.68. The predicted octanol–water partition coefficient (Wildman–Crippen LogP) is 4.02. The molecule has 0 N–H and O–H groups in total. The number of hydrogen-bond donors (Lipinski definition) is 0. The lowest BCUT2D eigenvalue weighted by Crippen LogP contribution is -2.40. The molecule has 0 aliphatic carbocycles. The van der Waals surface area contributed by atoms with Crippen LogP contribution >= 0.6 is 0 Å². The molecule has 1 aromatic rings. The van der Waals surface area contributed by atoms with E-state index in [1.165, 1.54) is 12.0 Å². The standard InChI is InChI=1S/C15H22O/c1-5-12(4)15(11(2)3)10-16-14-9-7-6-8-13(14)15/h6-9,11-12H,5,10H2,1-4H3. The topological polar surface area (TPSA) is 9.23 Å². The van der Waals surface area contributed by atoms with Gasteiger partial charge in [0.15, 0.2) is 0 Å². The van der Waals surface area contributed by atoms with Gasteiger partial charge in [0.25, 0.3) is 0 Å². The van der Waals surface area contributed by atoms with Crippen molar-refractivity contribution < 1.29 is 4.74 Å². The van der Waals surface area contributed by atoms with Crippen molar-refractivity contribution in [2.24, 2.45) is 11.8 Å². The van der Waals surface area contributed by atoms with E-state index in [4.69, 9.17) is 4.74 Å². The van der Waals surface area contributed by atoms with E-state index in [1.807, 2.05) is 0 Å². The maximum absolute atomic E-state index is 5.90. The van der Waals surface area contributed by atoms with Crippen LogP contribution in [0.15, 0.2) is 24.3 Å². The van der Waals surface area contributed by atoms with Crippen molar-refractivity contribution in [1.29, 1.82) is 0 Å². The van der Waals surface area contributed by atoms with Gasteiger partial charge in [-0.05, 0) is 17.9 Å². The van der Waals surface area contributed by atoms with Gasteiger partial charge < -0.3 is 4.74 Å². The zero-order valence-corrected chi connectivity index (χ0v) is 10.8. The molecule has 2 unspecified atom stereocenters. The molecule has 1 aliphatic rings. The fourth-order valence-electron chi connectivity index (χ4n) is 3.07. The Hall–Kier alpha value is -0.980. The summed E-state index contributed by atoms with van der Waals surface area (Å²) in [5.74, 6) is 2.37. The summed E-state index contributed by atoms with van der Waals surface area (Å²) >= 11 is 0. The van der Waals surface area contributed by atoms with Crippen LogP contribution in [-0.4, -0.2) is 6.61 Å². The summed E-state index contributed by atoms with van der Waals surface area (Å²) in [5, 5.41) is 0. The van der Waals surface area contributed by atoms with E-state index in [2.05, 4.69) is 52.0 Å². The second-order valence-corrected chi connectivity index (χ2v) is 5.29. The largest absolute Gasteiger partial charge is 0.492 e. The highest BCUT2D eigenvalue weighted by Gasteiger charge is 2.46. The van der Waals surface area contributed by atoms with E-state index in [0.29, 0.717) is 11.8 Å². The fraction of sp³-hybridized carbons (Fsp3) is 0.600. The number of ether oxygens (including phenoxy) is 1. The van der Waals surface area contributed by atoms with E-state index in [1.54, 1.807) is 0 Å². The Morgan fingerprint density at radius 3 is 2.56 bits per heavy atom. The van der Waals surface area contributed by atoms with Gasteiger partial charge in [-0.25, -0.2) is 0 Å². The van der Waals surface area contributed by atoms with Gasteiger partial charge in [-0.2, -0.15) is 0 Å². The van der Waals surface area contributed by atoms with Crippen LogP contribution in [0.2, 0.25) is 0 Å². The lowest BCUT2D eigenvalue weighted by atomic mass is 9.64. The van der Waals surface area contributed by atoms with Crippen molar-refractivity contribution in [3.05, 3.63) is 29.8 Å². The van der Waals surface area contributed by atoms with Crippen LogP contribution < -0.4 is 4.74 Å². The van der Waals surface area contributed by atoms with Crippen LogP contribution in [0.25, 0.3) is 0 Å². The first-order valence-electron chi connectivity index (χ1n) is 6.35. The summed E-state index contributed by atoms with van der Waals surface area (Å²) in [6, 6.07) is 8.54. The summed E-state index contributed by atoms with van der Waals surface area (Å²) < 4.78 is 5.90. The normalized spacial score (nSPS) is 25.3. The maximum atomic E-state index is 5.90. The van der Waals surface area contributed by atoms with Crippen molar-refractivity contribution in [2.45, 2.75) is 39.5 Å². The van der Waals surface area contributed by atoms with Gasteiger partial charge in [-0.1, -0.05) is 52.3 Å². The second-order valence-electron chi connectivity index (χ2n) is 5.29. The Morgan fingerprint density at radius 2 is 1.94 bits per heavy atom. The molecule has 0 amide bonds. The van der Waals surface area contributed by atoms with Gasteiger partial charge in [-0.15, -0.1) is 0 Å². The number of para-hydroxylation sites is 1. The van der Waals surface area contributed by atoms with Crippen molar-refractivity contribution in [1.82, 2.24) is 0 Å². The van der Waals surface area contributed by atoms with E-state index < -0.39 is 0 Å². The molecule has 1 aromatic carbocycles. The minimum Gasteiger partial charge on any atom is -0.492 e. The molecule has 0 saturated carbocycles. The van der Waals surface area contributed by atoms with Crippen molar-refractivity contribution in [3.8, 4) is 5.75 Å². The fourth-order valence-corrected chi connectivity index (χ4v) is 3.07. The van der Waals surface area contributed by atoms with Crippen molar-refractivity contribution >= 4 is 0 Å². The Balaban J connectivity index is 2.51. The molecule has 1 nitrogen and oxygen atoms in total. The van der Waals surface area contributed by atoms with Gasteiger partial charge in [0, 0.05) is 11.0 Å². The van der Waals surface area contributed by atoms with E-state index in [9.17, 15) is 0 Å². The molecule has 88 valence electrons. The highest BCUT2D eigenvalue weighted by molar-refractivity contribution is 5.44. The van der Waals surface area contributed by atoms with Gasteiger partial charge in [0.1, 0.15) is 5.75 Å². The molecule has 0 radical (unpaired) electrons. The third-order valence-electron chi connectivity index (χ3n) is 4.38. The monoisotopic (exact) mass is 218 g/mol. The Morgan fingerprint density at radius 1 is 1.25 bits per heavy atom. The Kier molecular flexibility index (Phi) is 2.96. The maximum Gasteiger partial charge on any atom is 0.123 e. The minimum atomic E-state index is 0.214. The first-order valence-corrected chi connectivity index (χ1v) is 6.35. The smallest absolute Gasteiger partial charge is 0.123 e. The molecule has 0 saturated heterocycles. The lowest BCUT2D eigenvalue weighted by molar-refractivity contribution is 0.148. The number of hydrogen-bond acceptors (Lipinski definition) is 1. The third-order valence-corrected chi connectivity index (χ3v) is 4.38. The zero-order chi connectivity index (χ0) is 11.8. The molecule has 1 aliphatic heterocycles. The Labute approximate surface area is 98.8 Å². The average molecular weight is 218 g/mol. The van der Waals surface area contributed by atoms with Gasteiger partial charge >= 0.3 is 0 Å². The summed E-state index contributed by atoms with van der Waals surface area (Å²) in [4.78, 5) is 0. The quantitative estimate of drug-likeness (QED) is 0.744. The highest BCUT2D eigenvalue weighted by atomic mass is 16.5. The summed E-state index contributed by atoms with van der Waals surface area (Å²) in [5.41, 5.74) is 1.63. The van der Waals surface area contributed by atoms with Gasteiger partial charge in [0.05, 0.1) is 6.61 Å². The summed E-state index contributed by atoms with van der Waals surface area (Å²) in [6.07, 6.45) is 1.20. The number of fused-ring (bicyclic) bond motifs is 1. The zero-order valence-electron chi connectivity index (χ0n) is 10.8. The highest BCUT2D eigenvalue weighted by Crippen LogP contribution is 2.49. The molecule has 0 bridgehead atoms. The molecule has 2 rings (SSSR count). The molecule has 0 spiro atoms. The molecular weight excluding hydrogens is 196 g/mol. The van der Waals surface area contributed by atoms with E-state index in [-0.39, 0.29) is 5.41 Å². The second kappa shape index (κ2) is 4.12. The lowest BCUT2D eigenvalue weighted by Gasteiger charge is -2.38. The Bertz CT molecular complexity index is 369. The summed E-state index contributed by atoms with van der Waals surface area (Å²) in [6.45, 7) is 10.1. The number of rotatable bonds is 3. The number of benzene rings is 1. The van der Waals surface area contributed by atoms with Crippen LogP contribution in [0, 0.1) is 11.8 Å². The SMILES string of the molecule is CCC(C)C1(C(C)C)COc2ccccc21. The molecule has 1 heterocycles. The van der Waals surface area contributed by atoms with E-state index >= 15 is 0 Å². The predicted molar refractivity (Wildman–Crippen MR) is 67.9 cm³/mol. The van der Waals surface area contributed by atoms with Gasteiger partial charge in [-0.3, -0.25) is 0 Å². The van der Waals surface area contributed by atoms with Crippen LogP contribution in [0.5, 0.6) is 5.75 Å².